The van der Waals surface area contributed by atoms with Crippen LogP contribution < -0.4 is 0 Å². The molecular weight excluding hydrogens is 216 g/mol. The van der Waals surface area contributed by atoms with E-state index in [1.165, 1.54) is 0 Å². The summed E-state index contributed by atoms with van der Waals surface area (Å²) in [6, 6.07) is 0. The molecule has 4 nitrogen and oxygen atoms in total. The van der Waals surface area contributed by atoms with Crippen molar-refractivity contribution in [2.24, 2.45) is 7.05 Å². The predicted octanol–water partition coefficient (Wildman–Crippen LogP) is 2.08. The van der Waals surface area contributed by atoms with Gasteiger partial charge in [-0.1, -0.05) is 12.7 Å². The minimum absolute atomic E-state index is 0.214. The normalized spacial score (nSPS) is 10.1. The number of ether oxygens (including phenoxy) is 1. The highest BCUT2D eigenvalue weighted by atomic mass is 16.5. The van der Waals surface area contributed by atoms with Gasteiger partial charge in [0.25, 0.3) is 0 Å². The predicted molar refractivity (Wildman–Crippen MR) is 66.5 cm³/mol. The monoisotopic (exact) mass is 234 g/mol. The van der Waals surface area contributed by atoms with Crippen molar-refractivity contribution in [1.82, 2.24) is 9.55 Å². The van der Waals surface area contributed by atoms with E-state index in [0.29, 0.717) is 12.0 Å². The second kappa shape index (κ2) is 5.48. The van der Waals surface area contributed by atoms with Gasteiger partial charge in [-0.25, -0.2) is 9.78 Å². The Morgan fingerprint density at radius 1 is 1.59 bits per heavy atom. The van der Waals surface area contributed by atoms with Crippen molar-refractivity contribution in [2.75, 3.05) is 0 Å². The lowest BCUT2D eigenvalue weighted by atomic mass is 10.2. The molecule has 17 heavy (non-hydrogen) atoms. The topological polar surface area (TPSA) is 44.1 Å². The second-order valence-electron chi connectivity index (χ2n) is 3.96. The number of esters is 1. The molecule has 0 aliphatic rings. The minimum Gasteiger partial charge on any atom is -0.456 e. The summed E-state index contributed by atoms with van der Waals surface area (Å²) in [5, 5.41) is 0. The highest BCUT2D eigenvalue weighted by Crippen LogP contribution is 2.13. The molecule has 1 aromatic rings. The first-order valence-corrected chi connectivity index (χ1v) is 5.42. The van der Waals surface area contributed by atoms with Gasteiger partial charge in [0.05, 0.1) is 11.4 Å². The maximum Gasteiger partial charge on any atom is 0.333 e. The first-order chi connectivity index (χ1) is 7.97. The van der Waals surface area contributed by atoms with Crippen LogP contribution in [0.1, 0.15) is 24.1 Å². The van der Waals surface area contributed by atoms with Gasteiger partial charge in [0.15, 0.2) is 0 Å². The largest absolute Gasteiger partial charge is 0.456 e. The summed E-state index contributed by atoms with van der Waals surface area (Å²) >= 11 is 0. The Morgan fingerprint density at radius 3 is 2.76 bits per heavy atom. The summed E-state index contributed by atoms with van der Waals surface area (Å²) in [6.07, 6.45) is 2.45. The Bertz CT molecular complexity index is 458. The zero-order chi connectivity index (χ0) is 13.0. The molecule has 0 unspecified atom stereocenters. The molecule has 0 fully saturated rings. The van der Waals surface area contributed by atoms with Crippen LogP contribution >= 0.6 is 0 Å². The number of allylic oxidation sites excluding steroid dienone is 1. The van der Waals surface area contributed by atoms with Crippen LogP contribution in [-0.2, 0) is 29.6 Å². The van der Waals surface area contributed by atoms with Gasteiger partial charge in [-0.05, 0) is 13.8 Å². The lowest BCUT2D eigenvalue weighted by Crippen LogP contribution is -2.09. The van der Waals surface area contributed by atoms with Gasteiger partial charge < -0.3 is 9.30 Å². The molecule has 1 aromatic heterocycles. The van der Waals surface area contributed by atoms with Crippen molar-refractivity contribution < 1.29 is 9.53 Å². The molecule has 0 aliphatic carbocycles. The van der Waals surface area contributed by atoms with Gasteiger partial charge in [0, 0.05) is 19.0 Å². The Morgan fingerprint density at radius 2 is 2.24 bits per heavy atom. The van der Waals surface area contributed by atoms with Gasteiger partial charge in [0.2, 0.25) is 0 Å². The SMILES string of the molecule is C=CCc1nc(C)n(C)c1COC(=O)C(=C)C. The number of rotatable bonds is 5. The van der Waals surface area contributed by atoms with E-state index in [0.717, 1.165) is 17.2 Å². The molecule has 0 spiro atoms. The molecule has 0 saturated heterocycles. The third kappa shape index (κ3) is 3.06. The van der Waals surface area contributed by atoms with Crippen molar-refractivity contribution >= 4 is 5.97 Å². The molecule has 92 valence electrons. The molecule has 0 saturated carbocycles. The minimum atomic E-state index is -0.381. The number of aromatic nitrogens is 2. The summed E-state index contributed by atoms with van der Waals surface area (Å²) in [5.74, 6) is 0.511. The zero-order valence-corrected chi connectivity index (χ0v) is 10.6. The fourth-order valence-corrected chi connectivity index (χ4v) is 1.46. The molecule has 0 amide bonds. The van der Waals surface area contributed by atoms with Crippen LogP contribution in [0.5, 0.6) is 0 Å². The smallest absolute Gasteiger partial charge is 0.333 e. The van der Waals surface area contributed by atoms with E-state index in [2.05, 4.69) is 18.1 Å². The molecule has 0 radical (unpaired) electrons. The third-order valence-electron chi connectivity index (χ3n) is 2.55. The zero-order valence-electron chi connectivity index (χ0n) is 10.6. The van der Waals surface area contributed by atoms with Crippen molar-refractivity contribution in [3.8, 4) is 0 Å². The number of hydrogen-bond donors (Lipinski definition) is 0. The fraction of sp³-hybridized carbons (Fsp3) is 0.385. The average Bonchev–Trinajstić information content (AvgIpc) is 2.52. The van der Waals surface area contributed by atoms with Crippen molar-refractivity contribution in [3.05, 3.63) is 42.0 Å². The number of carbonyl (C=O) groups excluding carboxylic acids is 1. The van der Waals surface area contributed by atoms with Crippen LogP contribution in [0.3, 0.4) is 0 Å². The molecular formula is C13H18N2O2. The Labute approximate surface area is 102 Å². The summed E-state index contributed by atoms with van der Waals surface area (Å²) in [4.78, 5) is 15.7. The van der Waals surface area contributed by atoms with Gasteiger partial charge in [-0.2, -0.15) is 0 Å². The number of hydrogen-bond acceptors (Lipinski definition) is 3. The van der Waals surface area contributed by atoms with Crippen LogP contribution in [0.25, 0.3) is 0 Å². The summed E-state index contributed by atoms with van der Waals surface area (Å²) in [5.41, 5.74) is 2.20. The number of nitrogens with zero attached hydrogens (tertiary/aromatic N) is 2. The van der Waals surface area contributed by atoms with E-state index < -0.39 is 0 Å². The lowest BCUT2D eigenvalue weighted by molar-refractivity contribution is -0.140. The maximum absolute atomic E-state index is 11.3. The molecule has 1 heterocycles. The Hall–Kier alpha value is -1.84. The van der Waals surface area contributed by atoms with Crippen molar-refractivity contribution in [2.45, 2.75) is 26.9 Å². The van der Waals surface area contributed by atoms with Gasteiger partial charge >= 0.3 is 5.97 Å². The Balaban J connectivity index is 2.85. The lowest BCUT2D eigenvalue weighted by Gasteiger charge is -2.07. The van der Waals surface area contributed by atoms with Crippen LogP contribution in [-0.4, -0.2) is 15.5 Å². The van der Waals surface area contributed by atoms with Crippen LogP contribution in [0.2, 0.25) is 0 Å². The summed E-state index contributed by atoms with van der Waals surface area (Å²) in [6.45, 7) is 11.0. The molecule has 0 aromatic carbocycles. The number of aryl methyl sites for hydroxylation is 1. The van der Waals surface area contributed by atoms with E-state index >= 15 is 0 Å². The average molecular weight is 234 g/mol. The molecule has 0 bridgehead atoms. The van der Waals surface area contributed by atoms with Gasteiger partial charge in [-0.3, -0.25) is 0 Å². The van der Waals surface area contributed by atoms with Crippen LogP contribution in [0.15, 0.2) is 24.8 Å². The van der Waals surface area contributed by atoms with Gasteiger partial charge in [0.1, 0.15) is 12.4 Å². The second-order valence-corrected chi connectivity index (χ2v) is 3.96. The van der Waals surface area contributed by atoms with Gasteiger partial charge in [-0.15, -0.1) is 6.58 Å². The third-order valence-corrected chi connectivity index (χ3v) is 2.55. The highest BCUT2D eigenvalue weighted by Gasteiger charge is 2.13. The molecule has 0 atom stereocenters. The maximum atomic E-state index is 11.3. The van der Waals surface area contributed by atoms with Crippen molar-refractivity contribution in [3.63, 3.8) is 0 Å². The number of imidazole rings is 1. The summed E-state index contributed by atoms with van der Waals surface area (Å²) < 4.78 is 7.06. The first kappa shape index (κ1) is 13.2. The standard InChI is InChI=1S/C13H18N2O2/c1-6-7-11-12(15(5)10(4)14-11)8-17-13(16)9(2)3/h6H,1-2,7-8H2,3-5H3. The van der Waals surface area contributed by atoms with E-state index in [1.807, 2.05) is 18.5 Å². The summed E-state index contributed by atoms with van der Waals surface area (Å²) in [7, 11) is 1.90. The number of carbonyl (C=O) groups is 1. The van der Waals surface area contributed by atoms with E-state index in [4.69, 9.17) is 4.74 Å². The van der Waals surface area contributed by atoms with E-state index in [-0.39, 0.29) is 12.6 Å². The van der Waals surface area contributed by atoms with Crippen LogP contribution in [0.4, 0.5) is 0 Å². The molecule has 1 rings (SSSR count). The van der Waals surface area contributed by atoms with E-state index in [9.17, 15) is 4.79 Å². The van der Waals surface area contributed by atoms with Crippen molar-refractivity contribution in [1.29, 1.82) is 0 Å². The van der Waals surface area contributed by atoms with Crippen LogP contribution in [0, 0.1) is 6.92 Å². The quantitative estimate of drug-likeness (QED) is 0.445. The van der Waals surface area contributed by atoms with E-state index in [1.54, 1.807) is 13.0 Å². The molecule has 0 aliphatic heterocycles. The first-order valence-electron chi connectivity index (χ1n) is 5.42. The molecule has 0 N–H and O–H groups in total. The molecule has 4 heteroatoms. The highest BCUT2D eigenvalue weighted by molar-refractivity contribution is 5.86. The fourth-order valence-electron chi connectivity index (χ4n) is 1.46. The Kier molecular flexibility index (Phi) is 4.26.